The second-order valence-electron chi connectivity index (χ2n) is 4.73. The van der Waals surface area contributed by atoms with Gasteiger partial charge in [0, 0.05) is 11.8 Å². The van der Waals surface area contributed by atoms with E-state index in [0.717, 1.165) is 10.8 Å². The van der Waals surface area contributed by atoms with E-state index in [0.29, 0.717) is 0 Å². The molecule has 1 saturated heterocycles. The number of aromatic nitrogens is 2. The van der Waals surface area contributed by atoms with Crippen LogP contribution >= 0.6 is 7.60 Å². The molecule has 2 atom stereocenters. The summed E-state index contributed by atoms with van der Waals surface area (Å²) in [5, 5.41) is 10.3. The first-order valence-corrected chi connectivity index (χ1v) is 7.66. The summed E-state index contributed by atoms with van der Waals surface area (Å²) in [6, 6.07) is 0. The summed E-state index contributed by atoms with van der Waals surface area (Å²) in [5.74, 6) is -2.08. The van der Waals surface area contributed by atoms with Crippen molar-refractivity contribution >= 4 is 7.60 Å². The molecule has 0 bridgehead atoms. The summed E-state index contributed by atoms with van der Waals surface area (Å²) >= 11 is 0. The van der Waals surface area contributed by atoms with Crippen molar-refractivity contribution < 1.29 is 88.0 Å². The average molecular weight is 366 g/mol. The third-order valence-corrected chi connectivity index (χ3v) is 3.42. The molecule has 0 aliphatic carbocycles. The first-order valence-electron chi connectivity index (χ1n) is 5.93. The molecule has 2 rings (SSSR count). The van der Waals surface area contributed by atoms with Gasteiger partial charge in [-0.25, -0.2) is 9.36 Å². The Morgan fingerprint density at radius 1 is 1.52 bits per heavy atom. The number of H-pyrrole nitrogens is 1. The number of nitrogens with zero attached hydrogens (tertiary/aromatic N) is 1. The maximum atomic E-state index is 11.7. The largest absolute Gasteiger partial charge is 1.00 e. The van der Waals surface area contributed by atoms with Crippen LogP contribution in [0.15, 0.2) is 15.8 Å². The predicted molar refractivity (Wildman–Crippen MR) is 64.2 cm³/mol. The summed E-state index contributed by atoms with van der Waals surface area (Å²) in [5.41, 5.74) is -1.30. The molecule has 23 heavy (non-hydrogen) atoms. The fourth-order valence-corrected chi connectivity index (χ4v) is 2.33. The Hall–Kier alpha value is 0.710. The maximum absolute atomic E-state index is 11.7. The molecular weight excluding hydrogens is 353 g/mol. The molecule has 0 radical (unpaired) electrons. The molecule has 2 heterocycles. The minimum Gasteiger partial charge on any atom is -0.809 e. The van der Waals surface area contributed by atoms with Crippen LogP contribution in [0.4, 0.5) is 0 Å². The van der Waals surface area contributed by atoms with E-state index in [1.807, 2.05) is 4.98 Å². The monoisotopic (exact) mass is 366 g/mol. The van der Waals surface area contributed by atoms with Gasteiger partial charge >= 0.3 is 64.8 Å². The topological polar surface area (TPSA) is 157 Å². The molecule has 1 aliphatic heterocycles. The first kappa shape index (κ1) is 23.7. The molecule has 1 fully saturated rings. The second-order valence-corrected chi connectivity index (χ2v) is 6.21. The molecule has 1 aliphatic rings. The van der Waals surface area contributed by atoms with Crippen molar-refractivity contribution in [1.29, 1.82) is 0 Å². The SMILES string of the molecule is Cc1cn(C2(O)C[C@@H](OCP(=O)([O-])[O-])CO2)c(=O)[nH]c1=O.[Na+].[Na+]. The number of aromatic amines is 1. The van der Waals surface area contributed by atoms with E-state index in [1.165, 1.54) is 6.92 Å². The van der Waals surface area contributed by atoms with Crippen LogP contribution in [0.25, 0.3) is 0 Å². The number of ether oxygens (including phenoxy) is 2. The van der Waals surface area contributed by atoms with Crippen molar-refractivity contribution in [3.63, 3.8) is 0 Å². The van der Waals surface area contributed by atoms with Gasteiger partial charge in [-0.1, -0.05) is 0 Å². The van der Waals surface area contributed by atoms with Gasteiger partial charge in [0.1, 0.15) is 0 Å². The van der Waals surface area contributed by atoms with E-state index >= 15 is 0 Å². The molecular formula is C10H13N2Na2O8P. The van der Waals surface area contributed by atoms with E-state index < -0.39 is 37.2 Å². The molecule has 118 valence electrons. The first-order chi connectivity index (χ1) is 9.61. The minimum atomic E-state index is -4.83. The Labute approximate surface area is 174 Å². The summed E-state index contributed by atoms with van der Waals surface area (Å²) in [4.78, 5) is 46.0. The van der Waals surface area contributed by atoms with Crippen LogP contribution in [0.3, 0.4) is 0 Å². The standard InChI is InChI=1S/C10H15N2O8P.2Na/c1-6-3-12(9(14)11-8(6)13)10(15)2-7(4-20-10)19-5-21(16,17)18;;/h3,7,15H,2,4-5H2,1H3,(H,11,13,14)(H2,16,17,18);;/q;2*+1/p-2/t7-,10?;;/m1../s1. The predicted octanol–water partition coefficient (Wildman–Crippen LogP) is -8.87. The number of hydrogen-bond donors (Lipinski definition) is 2. The summed E-state index contributed by atoms with van der Waals surface area (Å²) in [7, 11) is -4.83. The Morgan fingerprint density at radius 3 is 2.70 bits per heavy atom. The molecule has 2 N–H and O–H groups in total. The minimum absolute atomic E-state index is 0. The van der Waals surface area contributed by atoms with Crippen molar-refractivity contribution in [3.8, 4) is 0 Å². The summed E-state index contributed by atoms with van der Waals surface area (Å²) in [6.45, 7) is 1.23. The Morgan fingerprint density at radius 2 is 2.13 bits per heavy atom. The molecule has 0 spiro atoms. The fraction of sp³-hybridized carbons (Fsp3) is 0.600. The van der Waals surface area contributed by atoms with Crippen LogP contribution in [0.1, 0.15) is 12.0 Å². The van der Waals surface area contributed by atoms with Crippen molar-refractivity contribution in [2.45, 2.75) is 25.4 Å². The van der Waals surface area contributed by atoms with Gasteiger partial charge in [-0.15, -0.1) is 0 Å². The molecule has 1 unspecified atom stereocenters. The number of hydrogen-bond acceptors (Lipinski definition) is 8. The van der Waals surface area contributed by atoms with Crippen molar-refractivity contribution in [2.24, 2.45) is 0 Å². The number of rotatable bonds is 4. The summed E-state index contributed by atoms with van der Waals surface area (Å²) < 4.78 is 21.2. The Bertz CT molecular complexity index is 701. The van der Waals surface area contributed by atoms with E-state index in [2.05, 4.69) is 0 Å². The number of aliphatic hydroxyl groups is 1. The van der Waals surface area contributed by atoms with E-state index in [1.54, 1.807) is 0 Å². The molecule has 1 aromatic heterocycles. The molecule has 13 heteroatoms. The number of aryl methyl sites for hydroxylation is 1. The van der Waals surface area contributed by atoms with Crippen LogP contribution < -0.4 is 80.2 Å². The van der Waals surface area contributed by atoms with Gasteiger partial charge in [-0.3, -0.25) is 9.78 Å². The third-order valence-electron chi connectivity index (χ3n) is 2.96. The number of nitrogens with one attached hydrogen (secondary N) is 1. The van der Waals surface area contributed by atoms with Gasteiger partial charge in [0.2, 0.25) is 0 Å². The quantitative estimate of drug-likeness (QED) is 0.393. The van der Waals surface area contributed by atoms with Crippen LogP contribution in [0, 0.1) is 6.92 Å². The average Bonchev–Trinajstić information content (AvgIpc) is 2.73. The van der Waals surface area contributed by atoms with Crippen LogP contribution in [0.5, 0.6) is 0 Å². The molecule has 0 amide bonds. The normalized spacial score (nSPS) is 23.9. The van der Waals surface area contributed by atoms with E-state index in [9.17, 15) is 29.0 Å². The van der Waals surface area contributed by atoms with Crippen molar-refractivity contribution in [1.82, 2.24) is 9.55 Å². The molecule has 1 aromatic rings. The third kappa shape index (κ3) is 6.18. The van der Waals surface area contributed by atoms with E-state index in [-0.39, 0.29) is 77.7 Å². The maximum Gasteiger partial charge on any atom is 1.00 e. The van der Waals surface area contributed by atoms with Gasteiger partial charge in [-0.2, -0.15) is 0 Å². The van der Waals surface area contributed by atoms with Gasteiger partial charge in [0.05, 0.1) is 25.5 Å². The van der Waals surface area contributed by atoms with Gasteiger partial charge in [0.25, 0.3) is 11.5 Å². The second kappa shape index (κ2) is 8.88. The fourth-order valence-electron chi connectivity index (χ4n) is 1.94. The van der Waals surface area contributed by atoms with Gasteiger partial charge < -0.3 is 28.9 Å². The van der Waals surface area contributed by atoms with Gasteiger partial charge in [-0.05, 0) is 14.5 Å². The molecule has 0 aromatic carbocycles. The van der Waals surface area contributed by atoms with Gasteiger partial charge in [0.15, 0.2) is 0 Å². The van der Waals surface area contributed by atoms with Crippen LogP contribution in [0.2, 0.25) is 0 Å². The smallest absolute Gasteiger partial charge is 0.809 e. The zero-order valence-electron chi connectivity index (χ0n) is 13.0. The Balaban J connectivity index is 0.00000242. The molecule has 10 nitrogen and oxygen atoms in total. The summed E-state index contributed by atoms with van der Waals surface area (Å²) in [6.07, 6.45) is -1.05. The van der Waals surface area contributed by atoms with Crippen molar-refractivity contribution in [3.05, 3.63) is 32.6 Å². The zero-order chi connectivity index (χ0) is 15.8. The van der Waals surface area contributed by atoms with Crippen LogP contribution in [-0.4, -0.2) is 33.7 Å². The zero-order valence-corrected chi connectivity index (χ0v) is 17.9. The Kier molecular flexibility index (Phi) is 9.16. The van der Waals surface area contributed by atoms with Crippen LogP contribution in [-0.2, 0) is 19.9 Å². The van der Waals surface area contributed by atoms with Crippen molar-refractivity contribution in [2.75, 3.05) is 13.0 Å². The van der Waals surface area contributed by atoms with E-state index in [4.69, 9.17) is 9.47 Å². The molecule has 0 saturated carbocycles.